The van der Waals surface area contributed by atoms with Crippen molar-refractivity contribution in [3.63, 3.8) is 0 Å². The van der Waals surface area contributed by atoms with E-state index in [2.05, 4.69) is 42.0 Å². The number of aryl methyl sites for hydroxylation is 1. The minimum Gasteiger partial charge on any atom is -0.459 e. The Morgan fingerprint density at radius 1 is 1.16 bits per heavy atom. The number of para-hydroxylation sites is 2. The third-order valence-electron chi connectivity index (χ3n) is 6.74. The van der Waals surface area contributed by atoms with Gasteiger partial charge in [-0.15, -0.1) is 0 Å². The summed E-state index contributed by atoms with van der Waals surface area (Å²) in [5.41, 5.74) is 3.11. The molecule has 1 aromatic heterocycles. The van der Waals surface area contributed by atoms with Crippen molar-refractivity contribution in [2.24, 2.45) is 24.8 Å². The fourth-order valence-corrected chi connectivity index (χ4v) is 5.21. The molecule has 0 amide bonds. The maximum absolute atomic E-state index is 13.2. The van der Waals surface area contributed by atoms with Gasteiger partial charge in [0, 0.05) is 5.02 Å². The third-order valence-corrected chi connectivity index (χ3v) is 6.99. The predicted molar refractivity (Wildman–Crippen MR) is 125 cm³/mol. The van der Waals surface area contributed by atoms with Crippen molar-refractivity contribution in [2.75, 3.05) is 0 Å². The number of carbonyl (C=O) groups is 1. The molecule has 5 heteroatoms. The Morgan fingerprint density at radius 3 is 2.58 bits per heavy atom. The number of halogens is 1. The highest BCUT2D eigenvalue weighted by Gasteiger charge is 2.34. The van der Waals surface area contributed by atoms with Crippen LogP contribution in [0.4, 0.5) is 0 Å². The number of hydrogen-bond acceptors (Lipinski definition) is 2. The number of imidazole rings is 1. The van der Waals surface area contributed by atoms with Gasteiger partial charge >= 0.3 is 5.97 Å². The van der Waals surface area contributed by atoms with Crippen LogP contribution in [0.25, 0.3) is 22.4 Å². The molecule has 1 heterocycles. The molecule has 1 saturated carbocycles. The monoisotopic (exact) mass is 439 g/mol. The Kier molecular flexibility index (Phi) is 6.38. The molecule has 0 radical (unpaired) electrons. The second-order valence-electron chi connectivity index (χ2n) is 9.32. The molecule has 0 N–H and O–H groups in total. The van der Waals surface area contributed by atoms with Crippen molar-refractivity contribution < 1.29 is 14.1 Å². The molecule has 1 aliphatic carbocycles. The fraction of sp³-hybridized carbons (Fsp3) is 0.462. The van der Waals surface area contributed by atoms with Gasteiger partial charge in [-0.3, -0.25) is 0 Å². The number of hydrogen-bond donors (Lipinski definition) is 0. The van der Waals surface area contributed by atoms with Gasteiger partial charge in [0.1, 0.15) is 6.10 Å². The van der Waals surface area contributed by atoms with Crippen molar-refractivity contribution in [3.05, 3.63) is 53.6 Å². The average molecular weight is 440 g/mol. The normalized spacial score (nSPS) is 21.5. The summed E-state index contributed by atoms with van der Waals surface area (Å²) in [5.74, 6) is 2.35. The van der Waals surface area contributed by atoms with Gasteiger partial charge in [-0.25, -0.2) is 13.9 Å². The average Bonchev–Trinajstić information content (AvgIpc) is 3.00. The molecule has 0 unspecified atom stereocenters. The predicted octanol–water partition coefficient (Wildman–Crippen LogP) is 5.79. The van der Waals surface area contributed by atoms with E-state index >= 15 is 0 Å². The quantitative estimate of drug-likeness (QED) is 0.372. The molecule has 0 spiro atoms. The van der Waals surface area contributed by atoms with Crippen molar-refractivity contribution in [1.29, 1.82) is 0 Å². The molecule has 0 saturated heterocycles. The van der Waals surface area contributed by atoms with Crippen LogP contribution < -0.4 is 4.57 Å². The van der Waals surface area contributed by atoms with Gasteiger partial charge in [-0.1, -0.05) is 50.9 Å². The summed E-state index contributed by atoms with van der Waals surface area (Å²) < 4.78 is 10.3. The van der Waals surface area contributed by atoms with Gasteiger partial charge in [0.2, 0.25) is 0 Å². The van der Waals surface area contributed by atoms with Crippen LogP contribution in [0.5, 0.6) is 0 Å². The summed E-state index contributed by atoms with van der Waals surface area (Å²) >= 11 is 6.11. The Balaban J connectivity index is 1.67. The van der Waals surface area contributed by atoms with Crippen LogP contribution in [0.15, 0.2) is 48.5 Å². The first kappa shape index (κ1) is 21.9. The standard InChI is InChI=1S/C26H32ClN2O2/c1-17(2)21-14-9-18(3)15-24(21)31-25(30)16-29-23-8-6-5-7-22(23)28(4)26(29)19-10-12-20(27)13-11-19/h5-8,10-13,17-18,21,24H,9,14-16H2,1-4H3/q+1/t18-,21+,24+/m0/s1. The van der Waals surface area contributed by atoms with Crippen LogP contribution >= 0.6 is 11.6 Å². The number of rotatable bonds is 5. The fourth-order valence-electron chi connectivity index (χ4n) is 5.08. The zero-order chi connectivity index (χ0) is 22.1. The summed E-state index contributed by atoms with van der Waals surface area (Å²) in [6.07, 6.45) is 3.31. The number of fused-ring (bicyclic) bond motifs is 1. The molecule has 2 aromatic carbocycles. The second kappa shape index (κ2) is 9.04. The number of nitrogens with zero attached hydrogens (tertiary/aromatic N) is 2. The molecule has 4 rings (SSSR count). The molecular weight excluding hydrogens is 408 g/mol. The van der Waals surface area contributed by atoms with E-state index in [-0.39, 0.29) is 18.6 Å². The largest absolute Gasteiger partial charge is 0.459 e. The SMILES string of the molecule is CC(C)[C@H]1CC[C@H](C)C[C@H]1OC(=O)Cn1c(-c2ccc(Cl)cc2)[n+](C)c2ccccc21. The van der Waals surface area contributed by atoms with E-state index in [1.165, 1.54) is 6.42 Å². The number of carbonyl (C=O) groups excluding carboxylic acids is 1. The van der Waals surface area contributed by atoms with E-state index in [1.54, 1.807) is 0 Å². The maximum Gasteiger partial charge on any atom is 0.348 e. The Hall–Kier alpha value is -2.33. The Morgan fingerprint density at radius 2 is 1.87 bits per heavy atom. The zero-order valence-electron chi connectivity index (χ0n) is 18.8. The lowest BCUT2D eigenvalue weighted by Crippen LogP contribution is -2.37. The first-order valence-corrected chi connectivity index (χ1v) is 11.7. The molecule has 4 nitrogen and oxygen atoms in total. The van der Waals surface area contributed by atoms with E-state index in [0.717, 1.165) is 35.3 Å². The van der Waals surface area contributed by atoms with Crippen LogP contribution in [0.3, 0.4) is 0 Å². The van der Waals surface area contributed by atoms with Crippen LogP contribution in [0, 0.1) is 17.8 Å². The molecule has 1 fully saturated rings. The van der Waals surface area contributed by atoms with Crippen LogP contribution in [0.1, 0.15) is 40.0 Å². The second-order valence-corrected chi connectivity index (χ2v) is 9.76. The lowest BCUT2D eigenvalue weighted by molar-refractivity contribution is -0.634. The number of aromatic nitrogens is 2. The minimum atomic E-state index is -0.165. The van der Waals surface area contributed by atoms with Crippen LogP contribution in [-0.2, 0) is 23.1 Å². The smallest absolute Gasteiger partial charge is 0.348 e. The van der Waals surface area contributed by atoms with Crippen molar-refractivity contribution in [1.82, 2.24) is 4.57 Å². The topological polar surface area (TPSA) is 35.1 Å². The first-order valence-electron chi connectivity index (χ1n) is 11.3. The lowest BCUT2D eigenvalue weighted by atomic mass is 9.75. The molecular formula is C26H32ClN2O2+. The van der Waals surface area contributed by atoms with E-state index in [9.17, 15) is 4.79 Å². The van der Waals surface area contributed by atoms with Crippen molar-refractivity contribution >= 4 is 28.6 Å². The summed E-state index contributed by atoms with van der Waals surface area (Å²) in [6, 6.07) is 15.9. The van der Waals surface area contributed by atoms with E-state index < -0.39 is 0 Å². The van der Waals surface area contributed by atoms with E-state index in [4.69, 9.17) is 16.3 Å². The van der Waals surface area contributed by atoms with E-state index in [0.29, 0.717) is 22.8 Å². The molecule has 31 heavy (non-hydrogen) atoms. The summed E-state index contributed by atoms with van der Waals surface area (Å²) in [4.78, 5) is 13.2. The zero-order valence-corrected chi connectivity index (χ0v) is 19.6. The Bertz CT molecular complexity index is 1070. The molecule has 3 atom stereocenters. The van der Waals surface area contributed by atoms with Gasteiger partial charge < -0.3 is 4.74 Å². The van der Waals surface area contributed by atoms with Gasteiger partial charge in [-0.2, -0.15) is 0 Å². The number of benzene rings is 2. The Labute approximate surface area is 189 Å². The number of esters is 1. The van der Waals surface area contributed by atoms with Crippen molar-refractivity contribution in [2.45, 2.75) is 52.7 Å². The summed E-state index contributed by atoms with van der Waals surface area (Å²) in [6.45, 7) is 6.92. The minimum absolute atomic E-state index is 0.00538. The van der Waals surface area contributed by atoms with Crippen LogP contribution in [-0.4, -0.2) is 16.6 Å². The van der Waals surface area contributed by atoms with Gasteiger partial charge in [0.25, 0.3) is 5.82 Å². The van der Waals surface area contributed by atoms with E-state index in [1.807, 2.05) is 43.4 Å². The van der Waals surface area contributed by atoms with Gasteiger partial charge in [-0.05, 0) is 67.0 Å². The molecule has 0 bridgehead atoms. The van der Waals surface area contributed by atoms with Gasteiger partial charge in [0.05, 0.1) is 12.6 Å². The molecule has 0 aliphatic heterocycles. The first-order chi connectivity index (χ1) is 14.8. The molecule has 3 aromatic rings. The van der Waals surface area contributed by atoms with Gasteiger partial charge in [0.15, 0.2) is 17.6 Å². The lowest BCUT2D eigenvalue weighted by Gasteiger charge is -2.36. The highest BCUT2D eigenvalue weighted by molar-refractivity contribution is 6.30. The highest BCUT2D eigenvalue weighted by Crippen LogP contribution is 2.35. The number of ether oxygens (including phenoxy) is 1. The maximum atomic E-state index is 13.2. The summed E-state index contributed by atoms with van der Waals surface area (Å²) in [7, 11) is 2.03. The third kappa shape index (κ3) is 4.50. The van der Waals surface area contributed by atoms with Crippen molar-refractivity contribution in [3.8, 4) is 11.4 Å². The molecule has 164 valence electrons. The summed E-state index contributed by atoms with van der Waals surface area (Å²) in [5, 5.41) is 0.694. The van der Waals surface area contributed by atoms with Crippen LogP contribution in [0.2, 0.25) is 5.02 Å². The molecule has 1 aliphatic rings. The highest BCUT2D eigenvalue weighted by atomic mass is 35.5.